The molecular weight excluding hydrogens is 152 g/mol. The number of hydrogen-bond acceptors (Lipinski definition) is 2. The smallest absolute Gasteiger partial charge is 0.0430 e. The Balaban J connectivity index is -0.000000105. The van der Waals surface area contributed by atoms with E-state index in [0.29, 0.717) is 6.61 Å². The Bertz CT molecular complexity index is 34.8. The van der Waals surface area contributed by atoms with Crippen LogP contribution in [0.2, 0.25) is 0 Å². The summed E-state index contributed by atoms with van der Waals surface area (Å²) in [5.74, 6) is 0. The fourth-order valence-electron chi connectivity index (χ4n) is 0.158. The van der Waals surface area contributed by atoms with Gasteiger partial charge in [-0.05, 0) is 6.42 Å². The van der Waals surface area contributed by atoms with Crippen molar-refractivity contribution in [1.29, 1.82) is 0 Å². The van der Waals surface area contributed by atoms with E-state index in [4.69, 9.17) is 5.11 Å². The Morgan fingerprint density at radius 3 is 1.25 bits per heavy atom. The summed E-state index contributed by atoms with van der Waals surface area (Å²) < 4.78 is 4.25. The molecule has 0 spiro atoms. The summed E-state index contributed by atoms with van der Waals surface area (Å²) >= 11 is 0. The summed E-state index contributed by atoms with van der Waals surface area (Å²) in [5, 5.41) is 8.07. The standard InChI is InChI=1S/C4H10O.C4H10.C2H6O/c1-2-3-4-5;1-3-4-2;1-3-2/h5H,2-4H2,1H3;3-4H2,1-2H3;1-2H3. The van der Waals surface area contributed by atoms with E-state index in [1.54, 1.807) is 14.2 Å². The van der Waals surface area contributed by atoms with Crippen LogP contribution in [-0.2, 0) is 4.74 Å². The molecule has 0 aromatic rings. The lowest BCUT2D eigenvalue weighted by Gasteiger charge is -1.79. The maximum Gasteiger partial charge on any atom is 0.0430 e. The monoisotopic (exact) mass is 178 g/mol. The minimum Gasteiger partial charge on any atom is -0.396 e. The molecule has 0 aliphatic heterocycles. The molecule has 0 atom stereocenters. The minimum atomic E-state index is 0.344. The van der Waals surface area contributed by atoms with Gasteiger partial charge in [0.15, 0.2) is 0 Å². The summed E-state index contributed by atoms with van der Waals surface area (Å²) in [6, 6.07) is 0. The number of aliphatic hydroxyl groups is 1. The van der Waals surface area contributed by atoms with Crippen molar-refractivity contribution in [2.24, 2.45) is 0 Å². The maximum absolute atomic E-state index is 8.07. The van der Waals surface area contributed by atoms with E-state index in [1.807, 2.05) is 0 Å². The van der Waals surface area contributed by atoms with E-state index in [2.05, 4.69) is 25.5 Å². The quantitative estimate of drug-likeness (QED) is 0.720. The molecule has 12 heavy (non-hydrogen) atoms. The fraction of sp³-hybridized carbons (Fsp3) is 1.00. The minimum absolute atomic E-state index is 0.344. The van der Waals surface area contributed by atoms with Gasteiger partial charge in [0, 0.05) is 20.8 Å². The number of unbranched alkanes of at least 4 members (excludes halogenated alkanes) is 2. The molecule has 0 aliphatic rings. The largest absolute Gasteiger partial charge is 0.396 e. The van der Waals surface area contributed by atoms with E-state index < -0.39 is 0 Å². The molecule has 0 fully saturated rings. The molecule has 0 aromatic carbocycles. The zero-order chi connectivity index (χ0) is 10.2. The molecule has 0 aromatic heterocycles. The zero-order valence-corrected chi connectivity index (χ0v) is 9.39. The number of hydrogen-bond donors (Lipinski definition) is 1. The first-order valence-electron chi connectivity index (χ1n) is 4.75. The van der Waals surface area contributed by atoms with E-state index in [-0.39, 0.29) is 0 Å². The van der Waals surface area contributed by atoms with Crippen molar-refractivity contribution in [2.75, 3.05) is 20.8 Å². The lowest BCUT2D eigenvalue weighted by atomic mass is 10.4. The van der Waals surface area contributed by atoms with Crippen LogP contribution < -0.4 is 0 Å². The Kier molecular flexibility index (Phi) is 45.6. The van der Waals surface area contributed by atoms with Gasteiger partial charge < -0.3 is 9.84 Å². The van der Waals surface area contributed by atoms with Crippen LogP contribution >= 0.6 is 0 Å². The van der Waals surface area contributed by atoms with E-state index in [9.17, 15) is 0 Å². The lowest BCUT2D eigenvalue weighted by molar-refractivity contribution is 0.277. The molecule has 0 rings (SSSR count). The normalized spacial score (nSPS) is 7.50. The Labute approximate surface area is 77.9 Å². The van der Waals surface area contributed by atoms with E-state index in [0.717, 1.165) is 12.8 Å². The highest BCUT2D eigenvalue weighted by atomic mass is 16.4. The molecule has 2 heteroatoms. The summed E-state index contributed by atoms with van der Waals surface area (Å²) in [5.41, 5.74) is 0. The maximum atomic E-state index is 8.07. The molecule has 78 valence electrons. The molecule has 0 bridgehead atoms. The van der Waals surface area contributed by atoms with Crippen LogP contribution in [0.1, 0.15) is 46.5 Å². The molecule has 1 N–H and O–H groups in total. The first-order valence-corrected chi connectivity index (χ1v) is 4.75. The number of aliphatic hydroxyl groups excluding tert-OH is 1. The van der Waals surface area contributed by atoms with Crippen molar-refractivity contribution in [3.63, 3.8) is 0 Å². The van der Waals surface area contributed by atoms with Crippen LogP contribution in [0.25, 0.3) is 0 Å². The van der Waals surface area contributed by atoms with Gasteiger partial charge in [0.2, 0.25) is 0 Å². The average molecular weight is 178 g/mol. The highest BCUT2D eigenvalue weighted by Gasteiger charge is 1.69. The van der Waals surface area contributed by atoms with Crippen molar-refractivity contribution in [3.05, 3.63) is 0 Å². The molecule has 0 radical (unpaired) electrons. The van der Waals surface area contributed by atoms with Crippen molar-refractivity contribution < 1.29 is 9.84 Å². The second-order valence-corrected chi connectivity index (χ2v) is 2.49. The highest BCUT2D eigenvalue weighted by molar-refractivity contribution is 4.23. The van der Waals surface area contributed by atoms with Crippen LogP contribution in [0.3, 0.4) is 0 Å². The third-order valence-corrected chi connectivity index (χ3v) is 1.01. The van der Waals surface area contributed by atoms with Crippen molar-refractivity contribution >= 4 is 0 Å². The molecule has 0 unspecified atom stereocenters. The molecule has 0 aliphatic carbocycles. The van der Waals surface area contributed by atoms with Gasteiger partial charge in [-0.2, -0.15) is 0 Å². The van der Waals surface area contributed by atoms with Crippen molar-refractivity contribution in [3.8, 4) is 0 Å². The van der Waals surface area contributed by atoms with Gasteiger partial charge in [0.25, 0.3) is 0 Å². The molecule has 0 saturated heterocycles. The van der Waals surface area contributed by atoms with Gasteiger partial charge in [0.05, 0.1) is 0 Å². The number of rotatable bonds is 3. The Hall–Kier alpha value is -0.0800. The highest BCUT2D eigenvalue weighted by Crippen LogP contribution is 1.78. The van der Waals surface area contributed by atoms with Gasteiger partial charge in [-0.15, -0.1) is 0 Å². The van der Waals surface area contributed by atoms with Crippen LogP contribution in [0.5, 0.6) is 0 Å². The van der Waals surface area contributed by atoms with Gasteiger partial charge in [-0.25, -0.2) is 0 Å². The first kappa shape index (κ1) is 17.9. The molecule has 0 heterocycles. The van der Waals surface area contributed by atoms with Gasteiger partial charge in [-0.1, -0.05) is 40.0 Å². The summed E-state index contributed by atoms with van der Waals surface area (Å²) in [6.07, 6.45) is 4.68. The summed E-state index contributed by atoms with van der Waals surface area (Å²) in [4.78, 5) is 0. The predicted molar refractivity (Wildman–Crippen MR) is 55.5 cm³/mol. The van der Waals surface area contributed by atoms with Crippen molar-refractivity contribution in [1.82, 2.24) is 0 Å². The second-order valence-electron chi connectivity index (χ2n) is 2.49. The van der Waals surface area contributed by atoms with Crippen LogP contribution in [0, 0.1) is 0 Å². The Morgan fingerprint density at radius 1 is 0.917 bits per heavy atom. The first-order chi connectivity index (χ1) is 5.74. The van der Waals surface area contributed by atoms with E-state index in [1.165, 1.54) is 12.8 Å². The van der Waals surface area contributed by atoms with Crippen LogP contribution in [0.4, 0.5) is 0 Å². The second kappa shape index (κ2) is 30.7. The topological polar surface area (TPSA) is 29.5 Å². The number of methoxy groups -OCH3 is 1. The van der Waals surface area contributed by atoms with Crippen LogP contribution in [0.15, 0.2) is 0 Å². The number of ether oxygens (including phenoxy) is 1. The molecular formula is C10H26O2. The molecule has 0 amide bonds. The SMILES string of the molecule is CCCC.CCCCO.COC. The predicted octanol–water partition coefficient (Wildman–Crippen LogP) is 2.85. The van der Waals surface area contributed by atoms with E-state index >= 15 is 0 Å². The van der Waals surface area contributed by atoms with Gasteiger partial charge in [-0.3, -0.25) is 0 Å². The van der Waals surface area contributed by atoms with Gasteiger partial charge >= 0.3 is 0 Å². The summed E-state index contributed by atoms with van der Waals surface area (Å²) in [7, 11) is 3.25. The van der Waals surface area contributed by atoms with Crippen molar-refractivity contribution in [2.45, 2.75) is 46.5 Å². The van der Waals surface area contributed by atoms with Gasteiger partial charge in [0.1, 0.15) is 0 Å². The third kappa shape index (κ3) is 92.6. The fourth-order valence-corrected chi connectivity index (χ4v) is 0.158. The Morgan fingerprint density at radius 2 is 1.25 bits per heavy atom. The summed E-state index contributed by atoms with van der Waals surface area (Å²) in [6.45, 7) is 6.76. The molecule has 2 nitrogen and oxygen atoms in total. The average Bonchev–Trinajstić information content (AvgIpc) is 2.08. The van der Waals surface area contributed by atoms with Crippen LogP contribution in [-0.4, -0.2) is 25.9 Å². The molecule has 0 saturated carbocycles. The third-order valence-electron chi connectivity index (χ3n) is 1.01. The lowest BCUT2D eigenvalue weighted by Crippen LogP contribution is -1.75. The zero-order valence-electron chi connectivity index (χ0n) is 9.39.